The third-order valence-electron chi connectivity index (χ3n) is 11.4. The van der Waals surface area contributed by atoms with Gasteiger partial charge in [0.2, 0.25) is 0 Å². The number of aliphatic hydroxyl groups excluding tert-OH is 1. The van der Waals surface area contributed by atoms with Gasteiger partial charge in [0, 0.05) is 24.8 Å². The maximum Gasteiger partial charge on any atom is 0.331 e. The van der Waals surface area contributed by atoms with E-state index in [1.807, 2.05) is 19.9 Å². The lowest BCUT2D eigenvalue weighted by Gasteiger charge is -2.68. The molecule has 6 heteroatoms. The molecule has 4 saturated carbocycles. The SMILES string of the molecule is CC(=O)O[C@@H]1C[C@@]2(C)[C@@H](C[C@@H](O)[C@H]3[C@@]4(C)CCC(=O)[C@@H](C)[C@@H]4CC[C@@]32C)/C1=C(\CCC=C(C)C)C(=O)O. The molecule has 4 aliphatic carbocycles. The van der Waals surface area contributed by atoms with E-state index in [4.69, 9.17) is 4.74 Å². The van der Waals surface area contributed by atoms with Gasteiger partial charge in [0.15, 0.2) is 0 Å². The predicted molar refractivity (Wildman–Crippen MR) is 142 cm³/mol. The molecule has 37 heavy (non-hydrogen) atoms. The van der Waals surface area contributed by atoms with Gasteiger partial charge in [-0.15, -0.1) is 0 Å². The minimum absolute atomic E-state index is 0.00236. The first-order valence-electron chi connectivity index (χ1n) is 14.1. The lowest BCUT2D eigenvalue weighted by atomic mass is 9.36. The molecule has 0 saturated heterocycles. The Bertz CT molecular complexity index is 1040. The summed E-state index contributed by atoms with van der Waals surface area (Å²) in [6.07, 6.45) is 6.01. The number of carbonyl (C=O) groups is 3. The van der Waals surface area contributed by atoms with E-state index < -0.39 is 24.1 Å². The zero-order valence-corrected chi connectivity index (χ0v) is 23.7. The summed E-state index contributed by atoms with van der Waals surface area (Å²) < 4.78 is 5.86. The van der Waals surface area contributed by atoms with Crippen LogP contribution in [0.2, 0.25) is 0 Å². The van der Waals surface area contributed by atoms with E-state index >= 15 is 0 Å². The van der Waals surface area contributed by atoms with E-state index in [0.29, 0.717) is 49.0 Å². The fourth-order valence-electron chi connectivity index (χ4n) is 9.60. The Morgan fingerprint density at radius 3 is 2.38 bits per heavy atom. The van der Waals surface area contributed by atoms with Crippen LogP contribution in [0.15, 0.2) is 22.8 Å². The first-order chi connectivity index (χ1) is 17.2. The van der Waals surface area contributed by atoms with Gasteiger partial charge in [0.1, 0.15) is 11.9 Å². The van der Waals surface area contributed by atoms with E-state index in [1.165, 1.54) is 6.92 Å². The van der Waals surface area contributed by atoms with E-state index in [-0.39, 0.29) is 39.9 Å². The molecule has 4 fully saturated rings. The van der Waals surface area contributed by atoms with Crippen molar-refractivity contribution in [1.29, 1.82) is 0 Å². The number of hydrogen-bond donors (Lipinski definition) is 2. The second-order valence-corrected chi connectivity index (χ2v) is 13.4. The summed E-state index contributed by atoms with van der Waals surface area (Å²) in [6, 6.07) is 0. The fourth-order valence-corrected chi connectivity index (χ4v) is 9.60. The average molecular weight is 515 g/mol. The van der Waals surface area contributed by atoms with Crippen molar-refractivity contribution in [2.24, 2.45) is 39.9 Å². The number of carboxylic acids is 1. The Balaban J connectivity index is 1.83. The Morgan fingerprint density at radius 2 is 1.78 bits per heavy atom. The number of aliphatic carboxylic acids is 1. The normalized spacial score (nSPS) is 44.3. The molecule has 6 nitrogen and oxygen atoms in total. The molecule has 0 radical (unpaired) electrons. The lowest BCUT2D eigenvalue weighted by molar-refractivity contribution is -0.223. The van der Waals surface area contributed by atoms with Gasteiger partial charge in [-0.05, 0) is 98.4 Å². The van der Waals surface area contributed by atoms with E-state index in [0.717, 1.165) is 24.8 Å². The highest BCUT2D eigenvalue weighted by Crippen LogP contribution is 2.74. The van der Waals surface area contributed by atoms with Gasteiger partial charge in [-0.2, -0.15) is 0 Å². The molecule has 4 rings (SSSR count). The van der Waals surface area contributed by atoms with E-state index in [9.17, 15) is 24.6 Å². The maximum absolute atomic E-state index is 12.6. The second kappa shape index (κ2) is 9.66. The molecule has 0 heterocycles. The van der Waals surface area contributed by atoms with Gasteiger partial charge in [0.25, 0.3) is 0 Å². The molecule has 0 spiro atoms. The zero-order valence-electron chi connectivity index (χ0n) is 23.7. The molecule has 2 N–H and O–H groups in total. The summed E-state index contributed by atoms with van der Waals surface area (Å²) in [5, 5.41) is 22.2. The number of hydrogen-bond acceptors (Lipinski definition) is 5. The smallest absolute Gasteiger partial charge is 0.331 e. The number of allylic oxidation sites excluding steroid dienone is 2. The first-order valence-corrected chi connectivity index (χ1v) is 14.1. The molecule has 0 unspecified atom stereocenters. The summed E-state index contributed by atoms with van der Waals surface area (Å²) in [7, 11) is 0. The third kappa shape index (κ3) is 4.31. The predicted octanol–water partition coefficient (Wildman–Crippen LogP) is 5.87. The number of rotatable bonds is 5. The van der Waals surface area contributed by atoms with Gasteiger partial charge in [0.05, 0.1) is 6.10 Å². The Labute approximate surface area is 221 Å². The van der Waals surface area contributed by atoms with Crippen molar-refractivity contribution in [3.63, 3.8) is 0 Å². The van der Waals surface area contributed by atoms with Crippen molar-refractivity contribution in [1.82, 2.24) is 0 Å². The Hall–Kier alpha value is -1.95. The average Bonchev–Trinajstić information content (AvgIpc) is 3.05. The van der Waals surface area contributed by atoms with Crippen LogP contribution in [0, 0.1) is 39.9 Å². The van der Waals surface area contributed by atoms with Gasteiger partial charge >= 0.3 is 11.9 Å². The van der Waals surface area contributed by atoms with Crippen LogP contribution in [-0.2, 0) is 19.1 Å². The van der Waals surface area contributed by atoms with E-state index in [1.54, 1.807) is 0 Å². The molecule has 0 amide bonds. The van der Waals surface area contributed by atoms with Crippen molar-refractivity contribution < 1.29 is 29.3 Å². The molecule has 0 aromatic carbocycles. The van der Waals surface area contributed by atoms with Crippen LogP contribution < -0.4 is 0 Å². The largest absolute Gasteiger partial charge is 0.478 e. The van der Waals surface area contributed by atoms with Crippen molar-refractivity contribution in [3.8, 4) is 0 Å². The Kier molecular flexibility index (Phi) is 7.33. The monoisotopic (exact) mass is 514 g/mol. The highest BCUT2D eigenvalue weighted by atomic mass is 16.5. The lowest BCUT2D eigenvalue weighted by Crippen LogP contribution is -2.65. The summed E-state index contributed by atoms with van der Waals surface area (Å²) in [5.41, 5.74) is 1.42. The fraction of sp³-hybridized carbons (Fsp3) is 0.774. The maximum atomic E-state index is 12.6. The number of ether oxygens (including phenoxy) is 1. The molecular formula is C31H46O6. The first kappa shape index (κ1) is 28.1. The molecule has 0 aromatic heterocycles. The minimum atomic E-state index is -0.962. The summed E-state index contributed by atoms with van der Waals surface area (Å²) in [4.78, 5) is 37.4. The molecule has 0 bridgehead atoms. The number of carbonyl (C=O) groups excluding carboxylic acids is 2. The molecule has 0 aliphatic heterocycles. The van der Waals surface area contributed by atoms with Crippen LogP contribution in [0.3, 0.4) is 0 Å². The second-order valence-electron chi connectivity index (χ2n) is 13.4. The highest BCUT2D eigenvalue weighted by molar-refractivity contribution is 5.88. The number of ketones is 1. The van der Waals surface area contributed by atoms with Crippen LogP contribution in [0.1, 0.15) is 99.8 Å². The third-order valence-corrected chi connectivity index (χ3v) is 11.4. The van der Waals surface area contributed by atoms with Crippen LogP contribution in [0.4, 0.5) is 0 Å². The van der Waals surface area contributed by atoms with E-state index in [2.05, 4.69) is 27.7 Å². The van der Waals surface area contributed by atoms with Gasteiger partial charge in [-0.25, -0.2) is 4.79 Å². The highest BCUT2D eigenvalue weighted by Gasteiger charge is 2.70. The summed E-state index contributed by atoms with van der Waals surface area (Å²) >= 11 is 0. The molecule has 206 valence electrons. The Morgan fingerprint density at radius 1 is 1.11 bits per heavy atom. The van der Waals surface area contributed by atoms with Crippen molar-refractivity contribution in [2.45, 2.75) is 112 Å². The molecule has 9 atom stereocenters. The molecule has 0 aromatic rings. The number of Topliss-reactive ketones (excluding diaryl/α,β-unsaturated/α-hetero) is 1. The van der Waals surface area contributed by atoms with Crippen molar-refractivity contribution in [3.05, 3.63) is 22.8 Å². The van der Waals surface area contributed by atoms with Crippen molar-refractivity contribution in [2.75, 3.05) is 0 Å². The number of aliphatic hydroxyl groups is 1. The van der Waals surface area contributed by atoms with Gasteiger partial charge in [-0.1, -0.05) is 39.3 Å². The van der Waals surface area contributed by atoms with Gasteiger partial charge in [-0.3, -0.25) is 9.59 Å². The van der Waals surface area contributed by atoms with Crippen LogP contribution in [0.5, 0.6) is 0 Å². The number of fused-ring (bicyclic) bond motifs is 5. The molecular weight excluding hydrogens is 468 g/mol. The molecule has 4 aliphatic rings. The van der Waals surface area contributed by atoms with Crippen molar-refractivity contribution >= 4 is 17.7 Å². The minimum Gasteiger partial charge on any atom is -0.478 e. The van der Waals surface area contributed by atoms with Crippen LogP contribution >= 0.6 is 0 Å². The standard InChI is InChI=1S/C31H46O6/c1-17(2)9-8-10-20(28(35)36)26-22-15-24(34)27-29(5)13-12-23(33)18(3)21(29)11-14-30(27,6)31(22,7)16-25(26)37-19(4)32/h9,18,21-22,24-25,27,34H,8,10-16H2,1-7H3,(H,35,36)/b26-20-/t18-,21-,22-,24+,25+,27-,29-,30-,31-/m0/s1. The van der Waals surface area contributed by atoms with Crippen LogP contribution in [0.25, 0.3) is 0 Å². The quantitative estimate of drug-likeness (QED) is 0.270. The number of carboxylic acid groups (broad SMARTS) is 1. The van der Waals surface area contributed by atoms with Gasteiger partial charge < -0.3 is 14.9 Å². The summed E-state index contributed by atoms with van der Waals surface area (Å²) in [5.74, 6) is -0.945. The topological polar surface area (TPSA) is 101 Å². The summed E-state index contributed by atoms with van der Waals surface area (Å²) in [6.45, 7) is 14.3. The van der Waals surface area contributed by atoms with Crippen LogP contribution in [-0.4, -0.2) is 40.1 Å². The zero-order chi connectivity index (χ0) is 27.5. The number of esters is 1.